The van der Waals surface area contributed by atoms with Gasteiger partial charge in [0, 0.05) is 13.1 Å². The van der Waals surface area contributed by atoms with Crippen LogP contribution in [0.1, 0.15) is 34.6 Å². The van der Waals surface area contributed by atoms with Crippen molar-refractivity contribution in [3.63, 3.8) is 0 Å². The normalized spacial score (nSPS) is 19.1. The second-order valence-corrected chi connectivity index (χ2v) is 5.37. The molecule has 1 aliphatic heterocycles. The number of halogens is 1. The van der Waals surface area contributed by atoms with Gasteiger partial charge in [0.2, 0.25) is 11.7 Å². The Morgan fingerprint density at radius 1 is 1.58 bits per heavy atom. The minimum Gasteiger partial charge on any atom is -0.458 e. The van der Waals surface area contributed by atoms with Crippen molar-refractivity contribution < 1.29 is 13.7 Å². The summed E-state index contributed by atoms with van der Waals surface area (Å²) < 4.78 is 11.0. The Morgan fingerprint density at radius 2 is 2.42 bits per heavy atom. The van der Waals surface area contributed by atoms with Crippen LogP contribution < -0.4 is 0 Å². The van der Waals surface area contributed by atoms with E-state index in [0.717, 1.165) is 6.42 Å². The summed E-state index contributed by atoms with van der Waals surface area (Å²) in [5, 5.41) is 3.78. The number of furan rings is 1. The number of nitrogens with zero attached hydrogens (tertiary/aromatic N) is 3. The molecule has 2 aromatic heterocycles. The number of hydrogen-bond donors (Lipinski definition) is 0. The fourth-order valence-electron chi connectivity index (χ4n) is 2.22. The monoisotopic (exact) mass is 325 g/mol. The maximum atomic E-state index is 12.2. The van der Waals surface area contributed by atoms with Gasteiger partial charge in [0.25, 0.3) is 5.91 Å². The van der Waals surface area contributed by atoms with E-state index in [1.807, 2.05) is 0 Å². The van der Waals surface area contributed by atoms with Crippen molar-refractivity contribution in [3.8, 4) is 0 Å². The summed E-state index contributed by atoms with van der Waals surface area (Å²) in [7, 11) is 0. The van der Waals surface area contributed by atoms with Crippen LogP contribution in [-0.2, 0) is 0 Å². The van der Waals surface area contributed by atoms with E-state index < -0.39 is 0 Å². The minimum atomic E-state index is -0.115. The zero-order valence-corrected chi connectivity index (χ0v) is 11.9. The topological polar surface area (TPSA) is 72.4 Å². The highest BCUT2D eigenvalue weighted by atomic mass is 79.9. The van der Waals surface area contributed by atoms with E-state index in [4.69, 9.17) is 8.94 Å². The van der Waals surface area contributed by atoms with Gasteiger partial charge in [0.15, 0.2) is 5.82 Å². The Morgan fingerprint density at radius 3 is 3.05 bits per heavy atom. The molecule has 1 unspecified atom stereocenters. The molecule has 0 N–H and O–H groups in total. The molecule has 3 heterocycles. The number of rotatable bonds is 2. The van der Waals surface area contributed by atoms with Gasteiger partial charge in [-0.1, -0.05) is 5.16 Å². The van der Waals surface area contributed by atoms with Gasteiger partial charge in [-0.05, 0) is 35.3 Å². The van der Waals surface area contributed by atoms with Crippen LogP contribution in [0.4, 0.5) is 0 Å². The third-order valence-electron chi connectivity index (χ3n) is 3.18. The summed E-state index contributed by atoms with van der Waals surface area (Å²) in [6.07, 6.45) is 2.32. The second-order valence-electron chi connectivity index (χ2n) is 4.51. The summed E-state index contributed by atoms with van der Waals surface area (Å²) in [6, 6.07) is 1.71. The molecule has 6 nitrogen and oxygen atoms in total. The Kier molecular flexibility index (Phi) is 3.14. The summed E-state index contributed by atoms with van der Waals surface area (Å²) in [5.74, 6) is 1.55. The molecule has 0 aliphatic carbocycles. The number of aryl methyl sites for hydroxylation is 1. The number of amides is 1. The first kappa shape index (κ1) is 12.4. The predicted octanol–water partition coefficient (Wildman–Crippen LogP) is 2.36. The van der Waals surface area contributed by atoms with Crippen molar-refractivity contribution in [3.05, 3.63) is 34.3 Å². The Balaban J connectivity index is 1.72. The van der Waals surface area contributed by atoms with Crippen LogP contribution in [-0.4, -0.2) is 34.0 Å². The van der Waals surface area contributed by atoms with Crippen molar-refractivity contribution in [1.29, 1.82) is 0 Å². The molecule has 0 radical (unpaired) electrons. The van der Waals surface area contributed by atoms with Crippen LogP contribution in [0.5, 0.6) is 0 Å². The molecule has 1 atom stereocenters. The average Bonchev–Trinajstić information content (AvgIpc) is 3.07. The van der Waals surface area contributed by atoms with Crippen LogP contribution in [0.25, 0.3) is 0 Å². The second kappa shape index (κ2) is 4.80. The van der Waals surface area contributed by atoms with E-state index in [0.29, 0.717) is 35.0 Å². The third-order valence-corrected chi connectivity index (χ3v) is 3.80. The third kappa shape index (κ3) is 2.30. The molecule has 0 aromatic carbocycles. The maximum Gasteiger partial charge on any atom is 0.290 e. The van der Waals surface area contributed by atoms with Crippen LogP contribution in [0, 0.1) is 6.92 Å². The lowest BCUT2D eigenvalue weighted by Crippen LogP contribution is -2.28. The SMILES string of the molecule is Cc1noc(C2CCN(C(=O)c3occc3Br)C2)n1. The van der Waals surface area contributed by atoms with E-state index in [-0.39, 0.29) is 11.8 Å². The van der Waals surface area contributed by atoms with Gasteiger partial charge in [-0.2, -0.15) is 4.98 Å². The van der Waals surface area contributed by atoms with Crippen molar-refractivity contribution >= 4 is 21.8 Å². The van der Waals surface area contributed by atoms with Crippen LogP contribution in [0.3, 0.4) is 0 Å². The molecule has 1 amide bonds. The molecule has 0 saturated carbocycles. The van der Waals surface area contributed by atoms with Gasteiger partial charge in [-0.25, -0.2) is 0 Å². The van der Waals surface area contributed by atoms with Crippen molar-refractivity contribution in [2.75, 3.05) is 13.1 Å². The molecule has 2 aromatic rings. The maximum absolute atomic E-state index is 12.2. The first-order valence-corrected chi connectivity index (χ1v) is 6.77. The van der Waals surface area contributed by atoms with Gasteiger partial charge in [-0.15, -0.1) is 0 Å². The van der Waals surface area contributed by atoms with Crippen LogP contribution in [0.15, 0.2) is 25.7 Å². The Labute approximate surface area is 117 Å². The summed E-state index contributed by atoms with van der Waals surface area (Å²) >= 11 is 3.30. The molecular formula is C12H12BrN3O3. The molecule has 1 saturated heterocycles. The molecule has 1 fully saturated rings. The highest BCUT2D eigenvalue weighted by Gasteiger charge is 2.33. The number of carbonyl (C=O) groups excluding carboxylic acids is 1. The number of hydrogen-bond acceptors (Lipinski definition) is 5. The number of aromatic nitrogens is 2. The number of carbonyl (C=O) groups is 1. The lowest BCUT2D eigenvalue weighted by atomic mass is 10.1. The molecular weight excluding hydrogens is 314 g/mol. The first-order chi connectivity index (χ1) is 9.15. The van der Waals surface area contributed by atoms with E-state index in [9.17, 15) is 4.79 Å². The predicted molar refractivity (Wildman–Crippen MR) is 68.7 cm³/mol. The first-order valence-electron chi connectivity index (χ1n) is 5.97. The minimum absolute atomic E-state index is 0.110. The summed E-state index contributed by atoms with van der Waals surface area (Å²) in [6.45, 7) is 3.02. The highest BCUT2D eigenvalue weighted by Crippen LogP contribution is 2.28. The number of likely N-dealkylation sites (tertiary alicyclic amines) is 1. The average molecular weight is 326 g/mol. The van der Waals surface area contributed by atoms with Crippen molar-refractivity contribution in [2.24, 2.45) is 0 Å². The van der Waals surface area contributed by atoms with E-state index in [1.165, 1.54) is 6.26 Å². The van der Waals surface area contributed by atoms with Crippen molar-refractivity contribution in [1.82, 2.24) is 15.0 Å². The van der Waals surface area contributed by atoms with E-state index in [1.54, 1.807) is 17.9 Å². The fourth-order valence-corrected chi connectivity index (χ4v) is 2.59. The van der Waals surface area contributed by atoms with Crippen molar-refractivity contribution in [2.45, 2.75) is 19.3 Å². The molecule has 0 bridgehead atoms. The fraction of sp³-hybridized carbons (Fsp3) is 0.417. The van der Waals surface area contributed by atoms with Gasteiger partial charge in [-0.3, -0.25) is 4.79 Å². The molecule has 0 spiro atoms. The van der Waals surface area contributed by atoms with E-state index in [2.05, 4.69) is 26.1 Å². The highest BCUT2D eigenvalue weighted by molar-refractivity contribution is 9.10. The standard InChI is InChI=1S/C12H12BrN3O3/c1-7-14-11(19-15-7)8-2-4-16(6-8)12(17)10-9(13)3-5-18-10/h3,5,8H,2,4,6H2,1H3. The quantitative estimate of drug-likeness (QED) is 0.847. The van der Waals surface area contributed by atoms with E-state index >= 15 is 0 Å². The largest absolute Gasteiger partial charge is 0.458 e. The smallest absolute Gasteiger partial charge is 0.290 e. The molecule has 7 heteroatoms. The lowest BCUT2D eigenvalue weighted by Gasteiger charge is -2.14. The Bertz CT molecular complexity index is 607. The molecule has 19 heavy (non-hydrogen) atoms. The molecule has 100 valence electrons. The Hall–Kier alpha value is -1.63. The zero-order chi connectivity index (χ0) is 13.4. The van der Waals surface area contributed by atoms with Gasteiger partial charge < -0.3 is 13.8 Å². The molecule has 3 rings (SSSR count). The summed E-state index contributed by atoms with van der Waals surface area (Å²) in [4.78, 5) is 18.2. The van der Waals surface area contributed by atoms with Crippen LogP contribution >= 0.6 is 15.9 Å². The molecule has 1 aliphatic rings. The zero-order valence-electron chi connectivity index (χ0n) is 10.3. The summed E-state index contributed by atoms with van der Waals surface area (Å²) in [5.41, 5.74) is 0. The van der Waals surface area contributed by atoms with Gasteiger partial charge in [0.05, 0.1) is 16.7 Å². The lowest BCUT2D eigenvalue weighted by molar-refractivity contribution is 0.0757. The van der Waals surface area contributed by atoms with Gasteiger partial charge >= 0.3 is 0 Å². The van der Waals surface area contributed by atoms with Gasteiger partial charge in [0.1, 0.15) is 0 Å². The van der Waals surface area contributed by atoms with Crippen LogP contribution in [0.2, 0.25) is 0 Å².